The molecule has 54 heavy (non-hydrogen) atoms. The number of amides is 1. The fourth-order valence-electron chi connectivity index (χ4n) is 5.28. The van der Waals surface area contributed by atoms with E-state index >= 15 is 0 Å². The summed E-state index contributed by atoms with van der Waals surface area (Å²) in [5.74, 6) is 0.344. The number of ether oxygens (including phenoxy) is 4. The molecule has 1 aromatic heterocycles. The van der Waals surface area contributed by atoms with Gasteiger partial charge in [0.05, 0.1) is 44.8 Å². The Morgan fingerprint density at radius 3 is 2.17 bits per heavy atom. The number of aromatic nitrogens is 2. The molecule has 0 spiro atoms. The van der Waals surface area contributed by atoms with Gasteiger partial charge < -0.3 is 35.3 Å². The van der Waals surface area contributed by atoms with E-state index < -0.39 is 5.91 Å². The SMILES string of the molecule is C=CC(=O)Cc1ccccc1Nc1nc(Nc2cc(C(N)=O)c(OCCCCC(=O)CCCC(=O)CCCCOCCOCCOC)cc2C)ncc1Cl. The summed E-state index contributed by atoms with van der Waals surface area (Å²) in [6.45, 7) is 8.41. The number of anilines is 4. The molecule has 0 aliphatic heterocycles. The molecule has 2 aromatic carbocycles. The molecule has 0 unspecified atom stereocenters. The van der Waals surface area contributed by atoms with Gasteiger partial charge in [-0.05, 0) is 74.4 Å². The maximum atomic E-state index is 12.4. The van der Waals surface area contributed by atoms with Crippen LogP contribution in [-0.4, -0.2) is 80.0 Å². The van der Waals surface area contributed by atoms with Crippen LogP contribution in [0.1, 0.15) is 79.3 Å². The van der Waals surface area contributed by atoms with E-state index in [1.54, 1.807) is 19.2 Å². The lowest BCUT2D eigenvalue weighted by molar-refractivity contribution is -0.120. The van der Waals surface area contributed by atoms with Crippen LogP contribution in [0, 0.1) is 6.92 Å². The van der Waals surface area contributed by atoms with Gasteiger partial charge in [0.1, 0.15) is 22.3 Å². The van der Waals surface area contributed by atoms with E-state index in [2.05, 4.69) is 27.2 Å². The average Bonchev–Trinajstić information content (AvgIpc) is 3.15. The number of nitrogens with one attached hydrogen (secondary N) is 2. The number of halogens is 1. The van der Waals surface area contributed by atoms with Gasteiger partial charge in [0.25, 0.3) is 5.91 Å². The fourth-order valence-corrected chi connectivity index (χ4v) is 5.42. The molecule has 0 aliphatic rings. The van der Waals surface area contributed by atoms with Crippen LogP contribution in [0.15, 0.2) is 55.3 Å². The number of primary amides is 1. The van der Waals surface area contributed by atoms with Crippen LogP contribution in [0.5, 0.6) is 5.75 Å². The number of allylic oxidation sites excluding steroid dienone is 1. The lowest BCUT2D eigenvalue weighted by Gasteiger charge is -2.16. The second kappa shape index (κ2) is 24.6. The van der Waals surface area contributed by atoms with Crippen LogP contribution in [0.4, 0.5) is 23.1 Å². The lowest BCUT2D eigenvalue weighted by atomic mass is 10.0. The van der Waals surface area contributed by atoms with Gasteiger partial charge in [-0.2, -0.15) is 4.98 Å². The zero-order chi connectivity index (χ0) is 39.1. The molecule has 0 saturated heterocycles. The minimum absolute atomic E-state index is 0.114. The minimum Gasteiger partial charge on any atom is -0.493 e. The number of rotatable bonds is 29. The Hall–Kier alpha value is -4.69. The third kappa shape index (κ3) is 16.1. The first-order chi connectivity index (χ1) is 26.1. The molecule has 3 rings (SSSR count). The number of ketones is 3. The summed E-state index contributed by atoms with van der Waals surface area (Å²) in [4.78, 5) is 57.7. The number of hydrogen-bond acceptors (Lipinski definition) is 12. The number of carbonyl (C=O) groups excluding carboxylic acids is 4. The maximum Gasteiger partial charge on any atom is 0.252 e. The molecular formula is C40H52ClN5O8. The van der Waals surface area contributed by atoms with Gasteiger partial charge in [-0.25, -0.2) is 4.98 Å². The molecule has 0 saturated carbocycles. The number of methoxy groups -OCH3 is 1. The van der Waals surface area contributed by atoms with Crippen LogP contribution in [0.25, 0.3) is 0 Å². The predicted molar refractivity (Wildman–Crippen MR) is 209 cm³/mol. The predicted octanol–water partition coefficient (Wildman–Crippen LogP) is 7.03. The number of aryl methyl sites for hydroxylation is 1. The van der Waals surface area contributed by atoms with E-state index in [4.69, 9.17) is 36.3 Å². The maximum absolute atomic E-state index is 12.4. The molecule has 0 atom stereocenters. The Morgan fingerprint density at radius 1 is 0.833 bits per heavy atom. The molecule has 1 amide bonds. The third-order valence-electron chi connectivity index (χ3n) is 8.26. The van der Waals surface area contributed by atoms with E-state index in [1.165, 1.54) is 12.3 Å². The summed E-state index contributed by atoms with van der Waals surface area (Å²) < 4.78 is 21.7. The van der Waals surface area contributed by atoms with Gasteiger partial charge in [0, 0.05) is 57.2 Å². The highest BCUT2D eigenvalue weighted by Gasteiger charge is 2.16. The molecule has 13 nitrogen and oxygen atoms in total. The second-order valence-electron chi connectivity index (χ2n) is 12.6. The van der Waals surface area contributed by atoms with Crippen LogP contribution in [-0.2, 0) is 35.0 Å². The fraction of sp³-hybridized carbons (Fsp3) is 0.450. The van der Waals surface area contributed by atoms with Crippen molar-refractivity contribution in [2.75, 3.05) is 57.4 Å². The monoisotopic (exact) mass is 765 g/mol. The number of nitrogens with zero attached hydrogens (tertiary/aromatic N) is 2. The Morgan fingerprint density at radius 2 is 1.48 bits per heavy atom. The first kappa shape index (κ1) is 43.7. The van der Waals surface area contributed by atoms with Crippen molar-refractivity contribution >= 4 is 58.0 Å². The summed E-state index contributed by atoms with van der Waals surface area (Å²) >= 11 is 6.40. The minimum atomic E-state index is -0.671. The Bertz CT molecular complexity index is 1700. The van der Waals surface area contributed by atoms with Gasteiger partial charge in [-0.3, -0.25) is 19.2 Å². The Balaban J connectivity index is 1.41. The zero-order valence-electron chi connectivity index (χ0n) is 31.3. The first-order valence-corrected chi connectivity index (χ1v) is 18.5. The van der Waals surface area contributed by atoms with Crippen molar-refractivity contribution in [2.45, 2.75) is 71.1 Å². The van der Waals surface area contributed by atoms with Gasteiger partial charge in [0.2, 0.25) is 5.95 Å². The van der Waals surface area contributed by atoms with E-state index in [-0.39, 0.29) is 46.9 Å². The summed E-state index contributed by atoms with van der Waals surface area (Å²) in [6.07, 6.45) is 7.89. The molecular weight excluding hydrogens is 714 g/mol. The van der Waals surface area contributed by atoms with Crippen molar-refractivity contribution in [3.05, 3.63) is 77.0 Å². The van der Waals surface area contributed by atoms with E-state index in [9.17, 15) is 19.2 Å². The van der Waals surface area contributed by atoms with Gasteiger partial charge >= 0.3 is 0 Å². The standard InChI is InChI=1S/C40H52ClN5O8/c1-4-30(47)25-29-12-5-6-17-35(29)44-39-34(41)27-43-40(46-39)45-36-26-33(38(42)50)37(24-28(36)2)54-19-10-8-14-32(49)16-11-15-31(48)13-7-9-18-52-22-23-53-21-20-51-3/h4-6,12,17,24,26-27H,1,7-11,13-16,18-23,25H2,2-3H3,(H2,42,50)(H2,43,44,45,46). The number of nitrogens with two attached hydrogens (primary N) is 1. The normalized spacial score (nSPS) is 10.9. The number of unbranched alkanes of at least 4 members (excludes halogenated alkanes) is 2. The molecule has 0 aliphatic carbocycles. The van der Waals surface area contributed by atoms with Crippen molar-refractivity contribution in [3.63, 3.8) is 0 Å². The number of Topliss-reactive ketones (excluding diaryl/α,β-unsaturated/α-hetero) is 2. The quantitative estimate of drug-likeness (QED) is 0.0486. The van der Waals surface area contributed by atoms with E-state index in [1.807, 2.05) is 31.2 Å². The van der Waals surface area contributed by atoms with Crippen molar-refractivity contribution < 1.29 is 38.1 Å². The van der Waals surface area contributed by atoms with Crippen molar-refractivity contribution in [1.82, 2.24) is 9.97 Å². The number of hydrogen-bond donors (Lipinski definition) is 3. The van der Waals surface area contributed by atoms with E-state index in [0.717, 1.165) is 24.0 Å². The zero-order valence-corrected chi connectivity index (χ0v) is 32.0. The number of benzene rings is 2. The average molecular weight is 766 g/mol. The van der Waals surface area contributed by atoms with E-state index in [0.29, 0.717) is 101 Å². The van der Waals surface area contributed by atoms with Crippen LogP contribution in [0.2, 0.25) is 5.02 Å². The van der Waals surface area contributed by atoms with Crippen LogP contribution in [0.3, 0.4) is 0 Å². The molecule has 292 valence electrons. The second-order valence-corrected chi connectivity index (χ2v) is 13.0. The van der Waals surface area contributed by atoms with Crippen LogP contribution >= 0.6 is 11.6 Å². The van der Waals surface area contributed by atoms with Gasteiger partial charge in [-0.15, -0.1) is 0 Å². The Labute approximate surface area is 322 Å². The molecule has 0 fully saturated rings. The lowest BCUT2D eigenvalue weighted by Crippen LogP contribution is -2.15. The number of para-hydroxylation sites is 1. The largest absolute Gasteiger partial charge is 0.493 e. The summed E-state index contributed by atoms with van der Waals surface area (Å²) in [5.41, 5.74) is 8.57. The van der Waals surface area contributed by atoms with Gasteiger partial charge in [-0.1, -0.05) is 36.4 Å². The highest BCUT2D eigenvalue weighted by atomic mass is 35.5. The molecule has 14 heteroatoms. The molecule has 3 aromatic rings. The first-order valence-electron chi connectivity index (χ1n) is 18.2. The van der Waals surface area contributed by atoms with Crippen molar-refractivity contribution in [1.29, 1.82) is 0 Å². The highest BCUT2D eigenvalue weighted by molar-refractivity contribution is 6.33. The van der Waals surface area contributed by atoms with Gasteiger partial charge in [0.15, 0.2) is 11.6 Å². The smallest absolute Gasteiger partial charge is 0.252 e. The molecule has 0 radical (unpaired) electrons. The molecule has 0 bridgehead atoms. The topological polar surface area (TPSA) is 181 Å². The molecule has 4 N–H and O–H groups in total. The molecule has 1 heterocycles. The van der Waals surface area contributed by atoms with Crippen molar-refractivity contribution in [3.8, 4) is 5.75 Å². The van der Waals surface area contributed by atoms with Crippen molar-refractivity contribution in [2.24, 2.45) is 5.73 Å². The van der Waals surface area contributed by atoms with Crippen LogP contribution < -0.4 is 21.1 Å². The summed E-state index contributed by atoms with van der Waals surface area (Å²) in [5, 5.41) is 6.56. The summed E-state index contributed by atoms with van der Waals surface area (Å²) in [7, 11) is 1.63. The number of carbonyl (C=O) groups is 4. The third-order valence-corrected chi connectivity index (χ3v) is 8.54. The highest BCUT2D eigenvalue weighted by Crippen LogP contribution is 2.31. The summed E-state index contributed by atoms with van der Waals surface area (Å²) in [6, 6.07) is 10.6. The Kier molecular flexibility index (Phi) is 19.9.